The van der Waals surface area contributed by atoms with Gasteiger partial charge >= 0.3 is 0 Å². The number of rotatable bonds is 4. The fraction of sp³-hybridized carbons (Fsp3) is 0.179. The zero-order chi connectivity index (χ0) is 25.4. The van der Waals surface area contributed by atoms with Crippen molar-refractivity contribution < 1.29 is 9.47 Å². The normalized spacial score (nSPS) is 11.8. The summed E-state index contributed by atoms with van der Waals surface area (Å²) in [6, 6.07) is 11.8. The summed E-state index contributed by atoms with van der Waals surface area (Å²) < 4.78 is 11.1. The second-order valence-corrected chi connectivity index (χ2v) is 8.64. The van der Waals surface area contributed by atoms with Crippen molar-refractivity contribution >= 4 is 16.9 Å². The molecule has 1 aromatic carbocycles. The molecular formula is C28H23N7O2. The minimum absolute atomic E-state index is 0.327. The first-order valence-electron chi connectivity index (χ1n) is 11.8. The van der Waals surface area contributed by atoms with Gasteiger partial charge in [-0.1, -0.05) is 18.1 Å². The van der Waals surface area contributed by atoms with Crippen molar-refractivity contribution in [2.24, 2.45) is 0 Å². The Kier molecular flexibility index (Phi) is 5.71. The molecule has 0 atom stereocenters. The Labute approximate surface area is 213 Å². The van der Waals surface area contributed by atoms with E-state index in [0.717, 1.165) is 56.2 Å². The van der Waals surface area contributed by atoms with Crippen LogP contribution >= 0.6 is 0 Å². The lowest BCUT2D eigenvalue weighted by Gasteiger charge is -2.13. The highest BCUT2D eigenvalue weighted by Crippen LogP contribution is 2.44. The molecule has 1 aliphatic heterocycles. The van der Waals surface area contributed by atoms with Crippen LogP contribution in [0.1, 0.15) is 22.8 Å². The molecule has 182 valence electrons. The van der Waals surface area contributed by atoms with Crippen molar-refractivity contribution in [1.82, 2.24) is 29.9 Å². The molecule has 0 spiro atoms. The molecule has 0 saturated heterocycles. The molecule has 0 bridgehead atoms. The number of methoxy groups -OCH3 is 1. The van der Waals surface area contributed by atoms with Gasteiger partial charge in [-0.3, -0.25) is 0 Å². The molecule has 5 aromatic rings. The van der Waals surface area contributed by atoms with E-state index in [1.165, 1.54) is 0 Å². The number of benzene rings is 1. The van der Waals surface area contributed by atoms with Crippen LogP contribution in [-0.2, 0) is 11.3 Å². The molecule has 9 heteroatoms. The fourth-order valence-corrected chi connectivity index (χ4v) is 4.49. The summed E-state index contributed by atoms with van der Waals surface area (Å²) >= 11 is 0. The van der Waals surface area contributed by atoms with Crippen molar-refractivity contribution in [3.63, 3.8) is 0 Å². The number of hydrogen-bond donors (Lipinski definition) is 2. The monoisotopic (exact) mass is 489 g/mol. The van der Waals surface area contributed by atoms with Gasteiger partial charge < -0.3 is 19.8 Å². The molecule has 0 radical (unpaired) electrons. The number of anilines is 1. The topological polar surface area (TPSA) is 111 Å². The molecule has 0 saturated carbocycles. The summed E-state index contributed by atoms with van der Waals surface area (Å²) in [4.78, 5) is 26.1. The van der Waals surface area contributed by atoms with Gasteiger partial charge in [0.25, 0.3) is 0 Å². The highest BCUT2D eigenvalue weighted by molar-refractivity contribution is 6.09. The summed E-state index contributed by atoms with van der Waals surface area (Å²) in [5.74, 6) is 8.32. The van der Waals surface area contributed by atoms with E-state index in [1.54, 1.807) is 19.6 Å². The van der Waals surface area contributed by atoms with E-state index in [1.807, 2.05) is 44.2 Å². The number of aromatic amines is 1. The van der Waals surface area contributed by atoms with Gasteiger partial charge in [0.05, 0.1) is 16.8 Å². The van der Waals surface area contributed by atoms with E-state index in [4.69, 9.17) is 9.47 Å². The highest BCUT2D eigenvalue weighted by Gasteiger charge is 2.25. The second kappa shape index (κ2) is 9.33. The van der Waals surface area contributed by atoms with Crippen LogP contribution in [0.2, 0.25) is 0 Å². The Morgan fingerprint density at radius 1 is 1.03 bits per heavy atom. The lowest BCUT2D eigenvalue weighted by Crippen LogP contribution is -2.02. The van der Waals surface area contributed by atoms with Gasteiger partial charge in [-0.05, 0) is 49.1 Å². The van der Waals surface area contributed by atoms with Crippen LogP contribution in [0.25, 0.3) is 33.4 Å². The quantitative estimate of drug-likeness (QED) is 0.346. The van der Waals surface area contributed by atoms with Crippen molar-refractivity contribution in [2.75, 3.05) is 19.0 Å². The second-order valence-electron chi connectivity index (χ2n) is 8.64. The maximum absolute atomic E-state index is 6.07. The Bertz CT molecular complexity index is 1720. The Hall–Kier alpha value is -4.81. The number of nitrogens with zero attached hydrogens (tertiary/aromatic N) is 5. The predicted molar refractivity (Wildman–Crippen MR) is 140 cm³/mol. The van der Waals surface area contributed by atoms with E-state index in [9.17, 15) is 0 Å². The van der Waals surface area contributed by atoms with Gasteiger partial charge in [-0.2, -0.15) is 0 Å². The zero-order valence-electron chi connectivity index (χ0n) is 20.6. The molecule has 0 unspecified atom stereocenters. The first kappa shape index (κ1) is 22.6. The SMILES string of the molecule is COCC#Cc1ncc(-c2[nH]c3ncnc4c3c2-c2ccc(Oc3cccc(C)n3)cc2CN4)c(C)n1. The highest BCUT2D eigenvalue weighted by atomic mass is 16.5. The third-order valence-corrected chi connectivity index (χ3v) is 6.13. The first-order valence-corrected chi connectivity index (χ1v) is 11.8. The number of nitrogens with one attached hydrogen (secondary N) is 2. The zero-order valence-corrected chi connectivity index (χ0v) is 20.6. The largest absolute Gasteiger partial charge is 0.439 e. The molecule has 0 fully saturated rings. The summed E-state index contributed by atoms with van der Waals surface area (Å²) in [5.41, 5.74) is 7.30. The van der Waals surface area contributed by atoms with Crippen molar-refractivity contribution in [3.8, 4) is 45.9 Å². The lowest BCUT2D eigenvalue weighted by atomic mass is 9.95. The minimum atomic E-state index is 0.327. The van der Waals surface area contributed by atoms with Gasteiger partial charge in [-0.25, -0.2) is 24.9 Å². The van der Waals surface area contributed by atoms with Gasteiger partial charge in [0, 0.05) is 42.7 Å². The Morgan fingerprint density at radius 2 is 1.95 bits per heavy atom. The molecule has 4 aromatic heterocycles. The summed E-state index contributed by atoms with van der Waals surface area (Å²) in [6.45, 7) is 4.80. The smallest absolute Gasteiger partial charge is 0.219 e. The van der Waals surface area contributed by atoms with E-state index >= 15 is 0 Å². The number of pyridine rings is 1. The molecule has 6 rings (SSSR count). The van der Waals surface area contributed by atoms with Gasteiger partial charge in [0.15, 0.2) is 0 Å². The fourth-order valence-electron chi connectivity index (χ4n) is 4.49. The third kappa shape index (κ3) is 4.24. The molecule has 37 heavy (non-hydrogen) atoms. The molecular weight excluding hydrogens is 466 g/mol. The standard InChI is InChI=1S/C28H23N7O2/c1-16-6-4-8-23(33-16)37-19-9-10-20-18(12-19)13-30-27-25-24(20)26(35-28(25)32-15-31-27)21-14-29-22(34-17(21)2)7-5-11-36-3/h4,6,8-10,12,14-15H,11,13H2,1-3H3,(H2,30,31,32,35). The summed E-state index contributed by atoms with van der Waals surface area (Å²) in [6.07, 6.45) is 3.35. The summed E-state index contributed by atoms with van der Waals surface area (Å²) in [5, 5.41) is 4.38. The molecule has 2 N–H and O–H groups in total. The Morgan fingerprint density at radius 3 is 2.78 bits per heavy atom. The first-order chi connectivity index (χ1) is 18.1. The van der Waals surface area contributed by atoms with Gasteiger partial charge in [0.1, 0.15) is 30.1 Å². The number of hydrogen-bond acceptors (Lipinski definition) is 8. The molecule has 5 heterocycles. The molecule has 1 aliphatic rings. The maximum atomic E-state index is 6.07. The average Bonchev–Trinajstić information content (AvgIpc) is 3.19. The van der Waals surface area contributed by atoms with Crippen LogP contribution in [0, 0.1) is 25.7 Å². The lowest BCUT2D eigenvalue weighted by molar-refractivity contribution is 0.240. The predicted octanol–water partition coefficient (Wildman–Crippen LogP) is 4.81. The van der Waals surface area contributed by atoms with Crippen LogP contribution in [0.15, 0.2) is 48.9 Å². The number of aryl methyl sites for hydroxylation is 2. The van der Waals surface area contributed by atoms with Crippen LogP contribution in [0.5, 0.6) is 11.6 Å². The van der Waals surface area contributed by atoms with Crippen molar-refractivity contribution in [3.05, 3.63) is 71.7 Å². The molecule has 0 aliphatic carbocycles. The van der Waals surface area contributed by atoms with Crippen LogP contribution in [-0.4, -0.2) is 43.6 Å². The van der Waals surface area contributed by atoms with E-state index in [-0.39, 0.29) is 0 Å². The maximum Gasteiger partial charge on any atom is 0.219 e. The third-order valence-electron chi connectivity index (χ3n) is 6.13. The summed E-state index contributed by atoms with van der Waals surface area (Å²) in [7, 11) is 1.60. The number of fused-ring (bicyclic) bond motifs is 2. The molecule has 0 amide bonds. The number of aromatic nitrogens is 6. The van der Waals surface area contributed by atoms with Gasteiger partial charge in [-0.15, -0.1) is 0 Å². The van der Waals surface area contributed by atoms with Gasteiger partial charge in [0.2, 0.25) is 11.7 Å². The van der Waals surface area contributed by atoms with E-state index < -0.39 is 0 Å². The van der Waals surface area contributed by atoms with Crippen LogP contribution < -0.4 is 10.1 Å². The van der Waals surface area contributed by atoms with Crippen molar-refractivity contribution in [2.45, 2.75) is 20.4 Å². The average molecular weight is 490 g/mol. The number of H-pyrrole nitrogens is 1. The minimum Gasteiger partial charge on any atom is -0.439 e. The van der Waals surface area contributed by atoms with E-state index in [0.29, 0.717) is 30.6 Å². The molecule has 9 nitrogen and oxygen atoms in total. The number of ether oxygens (including phenoxy) is 2. The van der Waals surface area contributed by atoms with Crippen molar-refractivity contribution in [1.29, 1.82) is 0 Å². The van der Waals surface area contributed by atoms with Crippen LogP contribution in [0.3, 0.4) is 0 Å². The Balaban J connectivity index is 1.47. The van der Waals surface area contributed by atoms with Crippen LogP contribution in [0.4, 0.5) is 5.82 Å². The van der Waals surface area contributed by atoms with E-state index in [2.05, 4.69) is 53.1 Å².